The van der Waals surface area contributed by atoms with Crippen LogP contribution in [0, 0.1) is 13.8 Å². The Morgan fingerprint density at radius 3 is 2.05 bits per heavy atom. The Balaban J connectivity index is 2.07. The van der Waals surface area contributed by atoms with Crippen LogP contribution < -0.4 is 4.74 Å². The Morgan fingerprint density at radius 2 is 1.45 bits per heavy atom. The average Bonchev–Trinajstić information content (AvgIpc) is 2.41. The largest absolute Gasteiger partial charge is 0.494 e. The SMILES string of the molecule is CCN(CC)CCCCCCOc1cc(C)cc(C)c1. The van der Waals surface area contributed by atoms with E-state index in [0.717, 1.165) is 18.8 Å². The molecule has 2 nitrogen and oxygen atoms in total. The minimum absolute atomic E-state index is 0.841. The zero-order valence-corrected chi connectivity index (χ0v) is 13.7. The minimum atomic E-state index is 0.841. The summed E-state index contributed by atoms with van der Waals surface area (Å²) in [6.45, 7) is 13.1. The maximum absolute atomic E-state index is 5.83. The third-order valence-corrected chi connectivity index (χ3v) is 3.73. The summed E-state index contributed by atoms with van der Waals surface area (Å²) < 4.78 is 5.83. The third-order valence-electron chi connectivity index (χ3n) is 3.73. The lowest BCUT2D eigenvalue weighted by Gasteiger charge is -2.17. The molecule has 0 fully saturated rings. The van der Waals surface area contributed by atoms with E-state index < -0.39 is 0 Å². The van der Waals surface area contributed by atoms with E-state index in [4.69, 9.17) is 4.74 Å². The fraction of sp³-hybridized carbons (Fsp3) is 0.667. The standard InChI is InChI=1S/C18H31NO/c1-5-19(6-2)11-9-7-8-10-12-20-18-14-16(3)13-17(4)15-18/h13-15H,5-12H2,1-4H3. The highest BCUT2D eigenvalue weighted by atomic mass is 16.5. The predicted octanol–water partition coefficient (Wildman–Crippen LogP) is 4.58. The lowest BCUT2D eigenvalue weighted by Crippen LogP contribution is -2.23. The van der Waals surface area contributed by atoms with E-state index in [2.05, 4.69) is 50.8 Å². The normalized spacial score (nSPS) is 11.1. The van der Waals surface area contributed by atoms with Gasteiger partial charge in [-0.1, -0.05) is 32.8 Å². The molecule has 1 aromatic rings. The molecule has 0 aliphatic carbocycles. The number of aryl methyl sites for hydroxylation is 2. The molecule has 2 heteroatoms. The van der Waals surface area contributed by atoms with Gasteiger partial charge in [-0.25, -0.2) is 0 Å². The van der Waals surface area contributed by atoms with Crippen LogP contribution in [-0.2, 0) is 0 Å². The van der Waals surface area contributed by atoms with Crippen LogP contribution in [0.2, 0.25) is 0 Å². The molecular formula is C18H31NO. The number of benzene rings is 1. The van der Waals surface area contributed by atoms with Crippen LogP contribution in [-0.4, -0.2) is 31.1 Å². The summed E-state index contributed by atoms with van der Waals surface area (Å²) in [6.07, 6.45) is 5.05. The summed E-state index contributed by atoms with van der Waals surface area (Å²) in [6, 6.07) is 6.42. The molecule has 0 saturated carbocycles. The molecule has 20 heavy (non-hydrogen) atoms. The van der Waals surface area contributed by atoms with Crippen molar-refractivity contribution < 1.29 is 4.74 Å². The second kappa shape index (κ2) is 9.82. The van der Waals surface area contributed by atoms with Crippen LogP contribution in [0.15, 0.2) is 18.2 Å². The van der Waals surface area contributed by atoms with Crippen molar-refractivity contribution in [1.82, 2.24) is 4.90 Å². The van der Waals surface area contributed by atoms with Gasteiger partial charge in [0.25, 0.3) is 0 Å². The van der Waals surface area contributed by atoms with Gasteiger partial charge in [0, 0.05) is 0 Å². The first-order valence-electron chi connectivity index (χ1n) is 8.09. The topological polar surface area (TPSA) is 12.5 Å². The molecule has 0 radical (unpaired) electrons. The van der Waals surface area contributed by atoms with Crippen molar-refractivity contribution in [3.63, 3.8) is 0 Å². The summed E-state index contributed by atoms with van der Waals surface area (Å²) in [5.74, 6) is 1.02. The Bertz CT molecular complexity index is 351. The van der Waals surface area contributed by atoms with Gasteiger partial charge in [-0.05, 0) is 69.6 Å². The molecule has 0 aliphatic heterocycles. The lowest BCUT2D eigenvalue weighted by atomic mass is 10.1. The maximum Gasteiger partial charge on any atom is 0.119 e. The molecule has 1 rings (SSSR count). The van der Waals surface area contributed by atoms with Gasteiger partial charge in [0.15, 0.2) is 0 Å². The molecule has 0 bridgehead atoms. The molecule has 0 amide bonds. The van der Waals surface area contributed by atoms with Crippen LogP contribution in [0.5, 0.6) is 5.75 Å². The van der Waals surface area contributed by atoms with Crippen molar-refractivity contribution in [2.24, 2.45) is 0 Å². The van der Waals surface area contributed by atoms with Gasteiger partial charge in [0.1, 0.15) is 5.75 Å². The van der Waals surface area contributed by atoms with Gasteiger partial charge < -0.3 is 9.64 Å². The van der Waals surface area contributed by atoms with Gasteiger partial charge in [-0.15, -0.1) is 0 Å². The van der Waals surface area contributed by atoms with Crippen LogP contribution in [0.25, 0.3) is 0 Å². The van der Waals surface area contributed by atoms with Crippen molar-refractivity contribution >= 4 is 0 Å². The van der Waals surface area contributed by atoms with Crippen LogP contribution in [0.4, 0.5) is 0 Å². The number of ether oxygens (including phenoxy) is 1. The molecule has 0 atom stereocenters. The summed E-state index contributed by atoms with van der Waals surface area (Å²) in [5.41, 5.74) is 2.55. The first kappa shape index (κ1) is 17.0. The first-order valence-corrected chi connectivity index (χ1v) is 8.09. The molecule has 0 N–H and O–H groups in total. The van der Waals surface area contributed by atoms with E-state index in [1.807, 2.05) is 0 Å². The van der Waals surface area contributed by atoms with E-state index in [-0.39, 0.29) is 0 Å². The van der Waals surface area contributed by atoms with Gasteiger partial charge in [0.2, 0.25) is 0 Å². The summed E-state index contributed by atoms with van der Waals surface area (Å²) in [4.78, 5) is 2.49. The fourth-order valence-electron chi connectivity index (χ4n) is 2.54. The highest BCUT2D eigenvalue weighted by Gasteiger charge is 1.99. The van der Waals surface area contributed by atoms with E-state index in [0.29, 0.717) is 0 Å². The monoisotopic (exact) mass is 277 g/mol. The molecule has 0 spiro atoms. The summed E-state index contributed by atoms with van der Waals surface area (Å²) in [5, 5.41) is 0. The van der Waals surface area contributed by atoms with Crippen LogP contribution in [0.3, 0.4) is 0 Å². The van der Waals surface area contributed by atoms with Gasteiger partial charge in [-0.2, -0.15) is 0 Å². The van der Waals surface area contributed by atoms with Gasteiger partial charge in [-0.3, -0.25) is 0 Å². The van der Waals surface area contributed by atoms with Crippen LogP contribution >= 0.6 is 0 Å². The van der Waals surface area contributed by atoms with Crippen molar-refractivity contribution in [1.29, 1.82) is 0 Å². The molecule has 0 saturated heterocycles. The number of nitrogens with zero attached hydrogens (tertiary/aromatic N) is 1. The van der Waals surface area contributed by atoms with Crippen molar-refractivity contribution in [2.45, 2.75) is 53.4 Å². The zero-order chi connectivity index (χ0) is 14.8. The number of rotatable bonds is 10. The highest BCUT2D eigenvalue weighted by molar-refractivity contribution is 5.32. The van der Waals surface area contributed by atoms with Crippen molar-refractivity contribution in [2.75, 3.05) is 26.2 Å². The lowest BCUT2D eigenvalue weighted by molar-refractivity contribution is 0.284. The van der Waals surface area contributed by atoms with E-state index in [9.17, 15) is 0 Å². The Labute approximate surface area is 125 Å². The third kappa shape index (κ3) is 6.95. The van der Waals surface area contributed by atoms with Gasteiger partial charge in [0.05, 0.1) is 6.61 Å². The van der Waals surface area contributed by atoms with Gasteiger partial charge >= 0.3 is 0 Å². The van der Waals surface area contributed by atoms with E-state index >= 15 is 0 Å². The highest BCUT2D eigenvalue weighted by Crippen LogP contribution is 2.16. The fourth-order valence-corrected chi connectivity index (χ4v) is 2.54. The molecular weight excluding hydrogens is 246 g/mol. The average molecular weight is 277 g/mol. The smallest absolute Gasteiger partial charge is 0.119 e. The molecule has 1 aromatic carbocycles. The molecule has 0 heterocycles. The zero-order valence-electron chi connectivity index (χ0n) is 13.7. The van der Waals surface area contributed by atoms with E-state index in [1.165, 1.54) is 50.0 Å². The maximum atomic E-state index is 5.83. The Morgan fingerprint density at radius 1 is 0.850 bits per heavy atom. The molecule has 0 aliphatic rings. The number of unbranched alkanes of at least 4 members (excludes halogenated alkanes) is 3. The number of hydrogen-bond acceptors (Lipinski definition) is 2. The molecule has 114 valence electrons. The van der Waals surface area contributed by atoms with Crippen LogP contribution in [0.1, 0.15) is 50.7 Å². The first-order chi connectivity index (χ1) is 9.65. The quantitative estimate of drug-likeness (QED) is 0.580. The number of hydrogen-bond donors (Lipinski definition) is 0. The summed E-state index contributed by atoms with van der Waals surface area (Å²) in [7, 11) is 0. The molecule has 0 unspecified atom stereocenters. The Hall–Kier alpha value is -1.02. The second-order valence-corrected chi connectivity index (χ2v) is 5.61. The second-order valence-electron chi connectivity index (χ2n) is 5.61. The van der Waals surface area contributed by atoms with Crippen molar-refractivity contribution in [3.8, 4) is 5.75 Å². The van der Waals surface area contributed by atoms with Crippen molar-refractivity contribution in [3.05, 3.63) is 29.3 Å². The minimum Gasteiger partial charge on any atom is -0.494 e. The van der Waals surface area contributed by atoms with E-state index in [1.54, 1.807) is 0 Å². The molecule has 0 aromatic heterocycles. The summed E-state index contributed by atoms with van der Waals surface area (Å²) >= 11 is 0. The predicted molar refractivity (Wildman–Crippen MR) is 87.7 cm³/mol. The Kier molecular flexibility index (Phi) is 8.36.